The number of carbonyl (C=O) groups excluding carboxylic acids is 1. The minimum atomic E-state index is -0.0486. The van der Waals surface area contributed by atoms with Gasteiger partial charge < -0.3 is 14.4 Å². The Kier molecular flexibility index (Phi) is 6.30. The summed E-state index contributed by atoms with van der Waals surface area (Å²) in [5.74, 6) is 2.28. The maximum atomic E-state index is 11.7. The first kappa shape index (κ1) is 19.7. The summed E-state index contributed by atoms with van der Waals surface area (Å²) in [6, 6.07) is 16.5. The van der Waals surface area contributed by atoms with Gasteiger partial charge in [0, 0.05) is 24.1 Å². The molecule has 0 bridgehead atoms. The van der Waals surface area contributed by atoms with E-state index in [1.165, 1.54) is 16.7 Å². The van der Waals surface area contributed by atoms with Crippen LogP contribution in [0.4, 0.5) is 0 Å². The third kappa shape index (κ3) is 4.70. The van der Waals surface area contributed by atoms with E-state index in [0.717, 1.165) is 50.4 Å². The molecule has 0 atom stereocenters. The zero-order valence-electron chi connectivity index (χ0n) is 17.1. The Morgan fingerprint density at radius 3 is 2.31 bits per heavy atom. The lowest BCUT2D eigenvalue weighted by atomic mass is 9.92. The van der Waals surface area contributed by atoms with Crippen LogP contribution in [0.5, 0.6) is 11.5 Å². The highest BCUT2D eigenvalue weighted by molar-refractivity contribution is 5.87. The predicted molar refractivity (Wildman–Crippen MR) is 115 cm³/mol. The first-order valence-corrected chi connectivity index (χ1v) is 10.7. The SMILES string of the molecule is CCOC(=O)CC1CCN(CCC=C2c3ccccc3Oc3ccccc32)CC1. The molecule has 0 aromatic heterocycles. The molecular formula is C25H29NO3. The molecule has 29 heavy (non-hydrogen) atoms. The van der Waals surface area contributed by atoms with Crippen molar-refractivity contribution < 1.29 is 14.3 Å². The standard InChI is InChI=1S/C25H29NO3/c1-2-28-25(27)18-19-13-16-26(17-14-19)15-7-10-20-21-8-3-5-11-23(21)29-24-12-6-4-9-22(20)24/h3-6,8-12,19H,2,7,13-18H2,1H3. The fraction of sp³-hybridized carbons (Fsp3) is 0.400. The van der Waals surface area contributed by atoms with Crippen LogP contribution >= 0.6 is 0 Å². The lowest BCUT2D eigenvalue weighted by Gasteiger charge is -2.31. The van der Waals surface area contributed by atoms with E-state index in [-0.39, 0.29) is 5.97 Å². The Balaban J connectivity index is 1.37. The van der Waals surface area contributed by atoms with Crippen molar-refractivity contribution in [2.75, 3.05) is 26.2 Å². The van der Waals surface area contributed by atoms with Crippen LogP contribution in [0.3, 0.4) is 0 Å². The second kappa shape index (κ2) is 9.27. The van der Waals surface area contributed by atoms with Gasteiger partial charge in [0.2, 0.25) is 0 Å². The van der Waals surface area contributed by atoms with Crippen LogP contribution in [-0.4, -0.2) is 37.1 Å². The van der Waals surface area contributed by atoms with Crippen LogP contribution in [-0.2, 0) is 9.53 Å². The first-order valence-electron chi connectivity index (χ1n) is 10.7. The fourth-order valence-electron chi connectivity index (χ4n) is 4.30. The molecule has 2 aliphatic heterocycles. The molecule has 0 amide bonds. The summed E-state index contributed by atoms with van der Waals surface area (Å²) < 4.78 is 11.2. The Hall–Kier alpha value is -2.59. The van der Waals surface area contributed by atoms with E-state index in [4.69, 9.17) is 9.47 Å². The number of rotatable bonds is 6. The molecule has 0 radical (unpaired) electrons. The fourth-order valence-corrected chi connectivity index (χ4v) is 4.30. The van der Waals surface area contributed by atoms with E-state index in [2.05, 4.69) is 35.2 Å². The molecule has 4 rings (SSSR count). The van der Waals surface area contributed by atoms with Crippen molar-refractivity contribution in [3.8, 4) is 11.5 Å². The number of carbonyl (C=O) groups is 1. The monoisotopic (exact) mass is 391 g/mol. The van der Waals surface area contributed by atoms with Crippen molar-refractivity contribution in [1.82, 2.24) is 4.90 Å². The number of likely N-dealkylation sites (tertiary alicyclic amines) is 1. The summed E-state index contributed by atoms with van der Waals surface area (Å²) in [6.45, 7) is 5.50. The number of para-hydroxylation sites is 2. The van der Waals surface area contributed by atoms with E-state index >= 15 is 0 Å². The van der Waals surface area contributed by atoms with Crippen LogP contribution in [0, 0.1) is 5.92 Å². The number of hydrogen-bond acceptors (Lipinski definition) is 4. The molecule has 1 saturated heterocycles. The Morgan fingerprint density at radius 1 is 1.07 bits per heavy atom. The second-order valence-electron chi connectivity index (χ2n) is 7.80. The van der Waals surface area contributed by atoms with Crippen LogP contribution in [0.25, 0.3) is 5.57 Å². The highest BCUT2D eigenvalue weighted by Crippen LogP contribution is 2.43. The highest BCUT2D eigenvalue weighted by Gasteiger charge is 2.23. The minimum absolute atomic E-state index is 0.0486. The molecule has 0 saturated carbocycles. The predicted octanol–water partition coefficient (Wildman–Crippen LogP) is 5.28. The minimum Gasteiger partial charge on any atom is -0.466 e. The van der Waals surface area contributed by atoms with Crippen LogP contribution < -0.4 is 4.74 Å². The maximum Gasteiger partial charge on any atom is 0.306 e. The van der Waals surface area contributed by atoms with Crippen LogP contribution in [0.1, 0.15) is 43.7 Å². The van der Waals surface area contributed by atoms with Gasteiger partial charge in [-0.2, -0.15) is 0 Å². The number of ether oxygens (including phenoxy) is 2. The molecule has 0 spiro atoms. The van der Waals surface area contributed by atoms with E-state index in [1.54, 1.807) is 0 Å². The lowest BCUT2D eigenvalue weighted by Crippen LogP contribution is -2.35. The zero-order valence-corrected chi connectivity index (χ0v) is 17.1. The second-order valence-corrected chi connectivity index (χ2v) is 7.80. The summed E-state index contributed by atoms with van der Waals surface area (Å²) in [4.78, 5) is 14.2. The number of piperidine rings is 1. The van der Waals surface area contributed by atoms with Crippen molar-refractivity contribution in [1.29, 1.82) is 0 Å². The van der Waals surface area contributed by atoms with Gasteiger partial charge in [-0.1, -0.05) is 42.5 Å². The third-order valence-corrected chi connectivity index (χ3v) is 5.84. The van der Waals surface area contributed by atoms with E-state index in [9.17, 15) is 4.79 Å². The van der Waals surface area contributed by atoms with E-state index in [1.807, 2.05) is 31.2 Å². The molecule has 0 aliphatic carbocycles. The van der Waals surface area contributed by atoms with Gasteiger partial charge in [-0.05, 0) is 62.9 Å². The van der Waals surface area contributed by atoms with E-state index in [0.29, 0.717) is 18.9 Å². The molecule has 1 fully saturated rings. The maximum absolute atomic E-state index is 11.7. The van der Waals surface area contributed by atoms with Gasteiger partial charge >= 0.3 is 5.97 Å². The van der Waals surface area contributed by atoms with Crippen LogP contribution in [0.2, 0.25) is 0 Å². The highest BCUT2D eigenvalue weighted by atomic mass is 16.5. The number of benzene rings is 2. The Morgan fingerprint density at radius 2 is 1.69 bits per heavy atom. The molecule has 2 aliphatic rings. The number of esters is 1. The molecule has 4 nitrogen and oxygen atoms in total. The normalized spacial score (nSPS) is 16.5. The topological polar surface area (TPSA) is 38.8 Å². The Bertz CT molecular complexity index is 834. The summed E-state index contributed by atoms with van der Waals surface area (Å²) >= 11 is 0. The molecule has 0 unspecified atom stereocenters. The van der Waals surface area contributed by atoms with E-state index < -0.39 is 0 Å². The molecule has 0 N–H and O–H groups in total. The number of hydrogen-bond donors (Lipinski definition) is 0. The molecule has 152 valence electrons. The van der Waals surface area contributed by atoms with Gasteiger partial charge in [-0.15, -0.1) is 0 Å². The lowest BCUT2D eigenvalue weighted by molar-refractivity contribution is -0.144. The van der Waals surface area contributed by atoms with Gasteiger partial charge in [-0.25, -0.2) is 0 Å². The van der Waals surface area contributed by atoms with Gasteiger partial charge in [-0.3, -0.25) is 4.79 Å². The molecule has 2 aromatic rings. The summed E-state index contributed by atoms with van der Waals surface area (Å²) in [6.07, 6.45) is 6.08. The van der Waals surface area contributed by atoms with Gasteiger partial charge in [0.25, 0.3) is 0 Å². The zero-order chi connectivity index (χ0) is 20.1. The van der Waals surface area contributed by atoms with Gasteiger partial charge in [0.15, 0.2) is 0 Å². The molecule has 2 aromatic carbocycles. The molecule has 2 heterocycles. The average molecular weight is 392 g/mol. The largest absolute Gasteiger partial charge is 0.466 e. The molecule has 4 heteroatoms. The molecular weight excluding hydrogens is 362 g/mol. The number of nitrogens with zero attached hydrogens (tertiary/aromatic N) is 1. The van der Waals surface area contributed by atoms with Gasteiger partial charge in [0.1, 0.15) is 11.5 Å². The smallest absolute Gasteiger partial charge is 0.306 e. The summed E-state index contributed by atoms with van der Waals surface area (Å²) in [5.41, 5.74) is 3.60. The first-order chi connectivity index (χ1) is 14.2. The van der Waals surface area contributed by atoms with Gasteiger partial charge in [0.05, 0.1) is 6.61 Å². The quantitative estimate of drug-likeness (QED) is 0.536. The van der Waals surface area contributed by atoms with Crippen molar-refractivity contribution in [3.05, 3.63) is 65.7 Å². The summed E-state index contributed by atoms with van der Waals surface area (Å²) in [5, 5.41) is 0. The van der Waals surface area contributed by atoms with Crippen molar-refractivity contribution in [2.24, 2.45) is 5.92 Å². The summed E-state index contributed by atoms with van der Waals surface area (Å²) in [7, 11) is 0. The average Bonchev–Trinajstić information content (AvgIpc) is 2.74. The Labute approximate surface area is 173 Å². The van der Waals surface area contributed by atoms with Crippen molar-refractivity contribution in [2.45, 2.75) is 32.6 Å². The van der Waals surface area contributed by atoms with Crippen molar-refractivity contribution in [3.63, 3.8) is 0 Å². The van der Waals surface area contributed by atoms with Crippen molar-refractivity contribution >= 4 is 11.5 Å². The number of fused-ring (bicyclic) bond motifs is 2. The van der Waals surface area contributed by atoms with Crippen LogP contribution in [0.15, 0.2) is 54.6 Å². The third-order valence-electron chi connectivity index (χ3n) is 5.84.